The van der Waals surface area contributed by atoms with Gasteiger partial charge in [-0.05, 0) is 89.9 Å². The van der Waals surface area contributed by atoms with Crippen LogP contribution in [0.3, 0.4) is 0 Å². The number of allylic oxidation sites excluding steroid dienone is 12. The van der Waals surface area contributed by atoms with Crippen molar-refractivity contribution in [2.45, 2.75) is 380 Å². The van der Waals surface area contributed by atoms with E-state index in [0.29, 0.717) is 19.3 Å². The number of unbranched alkanes of at least 4 members (excludes halogenated alkanes) is 43. The zero-order chi connectivity index (χ0) is 59.2. The zero-order valence-electron chi connectivity index (χ0n) is 54.8. The van der Waals surface area contributed by atoms with Gasteiger partial charge >= 0.3 is 17.9 Å². The highest BCUT2D eigenvalue weighted by Crippen LogP contribution is 2.18. The van der Waals surface area contributed by atoms with Crippen molar-refractivity contribution in [2.24, 2.45) is 0 Å². The van der Waals surface area contributed by atoms with E-state index >= 15 is 0 Å². The molecule has 1 unspecified atom stereocenters. The van der Waals surface area contributed by atoms with Gasteiger partial charge in [0.2, 0.25) is 0 Å². The number of esters is 3. The van der Waals surface area contributed by atoms with Crippen molar-refractivity contribution in [2.75, 3.05) is 13.2 Å². The molecule has 0 spiro atoms. The van der Waals surface area contributed by atoms with Crippen LogP contribution in [0.2, 0.25) is 0 Å². The maximum Gasteiger partial charge on any atom is 0.306 e. The first-order chi connectivity index (χ1) is 40.5. The first-order valence-electron chi connectivity index (χ1n) is 35.9. The molecule has 1 atom stereocenters. The SMILES string of the molecule is CC/C=C\C/C=C\C/C=C\C/C=C\CCCCCCCCCCCCCCCCCCCCC(=O)OCC(COC(=O)CCCCCCCCCCCC)OC(=O)CCCCCCCCCCCCC/C=C\C/C=C\CCCCCCC. The minimum absolute atomic E-state index is 0.0703. The monoisotopic (exact) mass is 1150 g/mol. The van der Waals surface area contributed by atoms with Crippen molar-refractivity contribution in [3.05, 3.63) is 72.9 Å². The summed E-state index contributed by atoms with van der Waals surface area (Å²) in [5.74, 6) is -0.851. The van der Waals surface area contributed by atoms with Crippen LogP contribution in [-0.2, 0) is 28.6 Å². The molecule has 6 nitrogen and oxygen atoms in total. The molecule has 0 rings (SSSR count). The molecule has 0 aliphatic heterocycles. The number of rotatable bonds is 66. The first-order valence-corrected chi connectivity index (χ1v) is 35.9. The van der Waals surface area contributed by atoms with Gasteiger partial charge in [-0.1, -0.05) is 338 Å². The smallest absolute Gasteiger partial charge is 0.306 e. The Morgan fingerprint density at radius 1 is 0.256 bits per heavy atom. The number of carbonyl (C=O) groups excluding carboxylic acids is 3. The second kappa shape index (κ2) is 70.3. The standard InChI is InChI=1S/C76H136O6/c1-4-7-10-13-16-19-22-24-26-28-30-32-34-35-36-37-38-39-40-41-43-44-46-48-50-52-54-57-60-63-66-69-75(78)81-72-73(71-80-74(77)68-65-62-59-56-21-18-15-12-9-6-3)82-76(79)70-67-64-61-58-55-53-51-49-47-45-42-33-31-29-27-25-23-20-17-14-11-8-5-2/h7,10,16,19,23-26,29-32,73H,4-6,8-9,11-15,17-18,20-22,27-28,33-72H2,1-3H3/b10-7-,19-16-,25-23-,26-24-,31-29-,32-30-. The average molecular weight is 1150 g/mol. The lowest BCUT2D eigenvalue weighted by molar-refractivity contribution is -0.167. The Kier molecular flexibility index (Phi) is 67.6. The summed E-state index contributed by atoms with van der Waals surface area (Å²) in [6.45, 7) is 6.56. The van der Waals surface area contributed by atoms with E-state index in [1.807, 2.05) is 0 Å². The summed E-state index contributed by atoms with van der Waals surface area (Å²) in [4.78, 5) is 38.4. The molecule has 0 fully saturated rings. The van der Waals surface area contributed by atoms with Crippen LogP contribution >= 0.6 is 0 Å². The van der Waals surface area contributed by atoms with Crippen molar-refractivity contribution < 1.29 is 28.6 Å². The lowest BCUT2D eigenvalue weighted by atomic mass is 10.0. The molecule has 0 aliphatic rings. The van der Waals surface area contributed by atoms with E-state index < -0.39 is 6.10 Å². The van der Waals surface area contributed by atoms with Crippen molar-refractivity contribution >= 4 is 17.9 Å². The highest BCUT2D eigenvalue weighted by Gasteiger charge is 2.19. The number of hydrogen-bond acceptors (Lipinski definition) is 6. The van der Waals surface area contributed by atoms with E-state index in [1.54, 1.807) is 0 Å². The molecule has 82 heavy (non-hydrogen) atoms. The van der Waals surface area contributed by atoms with Gasteiger partial charge in [0.1, 0.15) is 13.2 Å². The molecule has 0 amide bonds. The van der Waals surface area contributed by atoms with E-state index in [0.717, 1.165) is 89.9 Å². The van der Waals surface area contributed by atoms with E-state index in [9.17, 15) is 14.4 Å². The Labute approximate surface area is 510 Å². The Bertz CT molecular complexity index is 1500. The van der Waals surface area contributed by atoms with E-state index in [-0.39, 0.29) is 31.1 Å². The fraction of sp³-hybridized carbons (Fsp3) is 0.803. The van der Waals surface area contributed by atoms with Crippen LogP contribution in [0.25, 0.3) is 0 Å². The Morgan fingerprint density at radius 2 is 0.476 bits per heavy atom. The second-order valence-electron chi connectivity index (χ2n) is 24.1. The lowest BCUT2D eigenvalue weighted by Crippen LogP contribution is -2.30. The highest BCUT2D eigenvalue weighted by molar-refractivity contribution is 5.71. The van der Waals surface area contributed by atoms with Gasteiger partial charge in [0.05, 0.1) is 0 Å². The molecule has 0 saturated heterocycles. The average Bonchev–Trinajstić information content (AvgIpc) is 3.47. The lowest BCUT2D eigenvalue weighted by Gasteiger charge is -2.18. The van der Waals surface area contributed by atoms with Crippen molar-refractivity contribution in [1.82, 2.24) is 0 Å². The summed E-state index contributed by atoms with van der Waals surface area (Å²) in [7, 11) is 0. The molecule has 476 valence electrons. The van der Waals surface area contributed by atoms with Gasteiger partial charge in [-0.15, -0.1) is 0 Å². The maximum atomic E-state index is 12.9. The van der Waals surface area contributed by atoms with Crippen LogP contribution in [0.4, 0.5) is 0 Å². The third kappa shape index (κ3) is 67.6. The molecule has 0 heterocycles. The van der Waals surface area contributed by atoms with Gasteiger partial charge in [-0.2, -0.15) is 0 Å². The fourth-order valence-electron chi connectivity index (χ4n) is 10.6. The summed E-state index contributed by atoms with van der Waals surface area (Å²) < 4.78 is 17.0. The van der Waals surface area contributed by atoms with Gasteiger partial charge in [-0.25, -0.2) is 0 Å². The normalized spacial score (nSPS) is 12.5. The summed E-state index contributed by atoms with van der Waals surface area (Å²) in [6.07, 6.45) is 92.3. The van der Waals surface area contributed by atoms with Crippen molar-refractivity contribution in [3.8, 4) is 0 Å². The molecular formula is C76H136O6. The van der Waals surface area contributed by atoms with Crippen LogP contribution in [0, 0.1) is 0 Å². The molecule has 0 radical (unpaired) electrons. The van der Waals surface area contributed by atoms with Crippen LogP contribution in [0.1, 0.15) is 374 Å². The maximum absolute atomic E-state index is 12.9. The highest BCUT2D eigenvalue weighted by atomic mass is 16.6. The Hall–Kier alpha value is -3.15. The summed E-state index contributed by atoms with van der Waals surface area (Å²) in [5, 5.41) is 0. The summed E-state index contributed by atoms with van der Waals surface area (Å²) in [6, 6.07) is 0. The minimum Gasteiger partial charge on any atom is -0.462 e. The predicted octanol–water partition coefficient (Wildman–Crippen LogP) is 24.8. The fourth-order valence-corrected chi connectivity index (χ4v) is 10.6. The molecule has 0 aromatic rings. The quantitative estimate of drug-likeness (QED) is 0.0261. The molecule has 6 heteroatoms. The van der Waals surface area contributed by atoms with E-state index in [4.69, 9.17) is 14.2 Å². The minimum atomic E-state index is -0.773. The van der Waals surface area contributed by atoms with E-state index in [2.05, 4.69) is 93.7 Å². The molecule has 0 saturated carbocycles. The van der Waals surface area contributed by atoms with Crippen molar-refractivity contribution in [3.63, 3.8) is 0 Å². The third-order valence-corrected chi connectivity index (χ3v) is 15.9. The van der Waals surface area contributed by atoms with Gasteiger partial charge in [0, 0.05) is 19.3 Å². The third-order valence-electron chi connectivity index (χ3n) is 15.9. The van der Waals surface area contributed by atoms with E-state index in [1.165, 1.54) is 244 Å². The van der Waals surface area contributed by atoms with Gasteiger partial charge in [-0.3, -0.25) is 14.4 Å². The zero-order valence-corrected chi connectivity index (χ0v) is 54.8. The molecular weight excluding hydrogens is 1010 g/mol. The van der Waals surface area contributed by atoms with Crippen LogP contribution in [0.5, 0.6) is 0 Å². The molecule has 0 aromatic carbocycles. The molecule has 0 bridgehead atoms. The van der Waals surface area contributed by atoms with Crippen molar-refractivity contribution in [1.29, 1.82) is 0 Å². The van der Waals surface area contributed by atoms with Gasteiger partial charge in [0.15, 0.2) is 6.10 Å². The Balaban J connectivity index is 4.13. The van der Waals surface area contributed by atoms with Gasteiger partial charge in [0.25, 0.3) is 0 Å². The van der Waals surface area contributed by atoms with Crippen LogP contribution < -0.4 is 0 Å². The van der Waals surface area contributed by atoms with Crippen LogP contribution in [0.15, 0.2) is 72.9 Å². The molecule has 0 N–H and O–H groups in total. The number of carbonyl (C=O) groups is 3. The van der Waals surface area contributed by atoms with Crippen LogP contribution in [-0.4, -0.2) is 37.2 Å². The number of ether oxygens (including phenoxy) is 3. The second-order valence-corrected chi connectivity index (χ2v) is 24.1. The summed E-state index contributed by atoms with van der Waals surface area (Å²) in [5.41, 5.74) is 0. The predicted molar refractivity (Wildman–Crippen MR) is 358 cm³/mol. The summed E-state index contributed by atoms with van der Waals surface area (Å²) >= 11 is 0. The largest absolute Gasteiger partial charge is 0.462 e. The topological polar surface area (TPSA) is 78.9 Å². The Morgan fingerprint density at radius 3 is 0.744 bits per heavy atom. The van der Waals surface area contributed by atoms with Gasteiger partial charge < -0.3 is 14.2 Å². The molecule has 0 aromatic heterocycles. The number of hydrogen-bond donors (Lipinski definition) is 0. The molecule has 0 aliphatic carbocycles. The first kappa shape index (κ1) is 78.8.